The molecule has 2 rings (SSSR count). The summed E-state index contributed by atoms with van der Waals surface area (Å²) in [6.07, 6.45) is 9.45. The molecule has 1 N–H and O–H groups in total. The normalized spacial score (nSPS) is 36.4. The van der Waals surface area contributed by atoms with Gasteiger partial charge in [-0.3, -0.25) is 4.90 Å². The van der Waals surface area contributed by atoms with Crippen LogP contribution >= 0.6 is 0 Å². The number of aliphatic hydroxyl groups is 1. The van der Waals surface area contributed by atoms with Gasteiger partial charge in [-0.1, -0.05) is 32.6 Å². The quantitative estimate of drug-likeness (QED) is 0.673. The summed E-state index contributed by atoms with van der Waals surface area (Å²) in [5.74, 6) is 0.507. The molecule has 1 aliphatic heterocycles. The summed E-state index contributed by atoms with van der Waals surface area (Å²) < 4.78 is 0. The molecular formula is C13H25NO. The molecule has 0 spiro atoms. The second-order valence-electron chi connectivity index (χ2n) is 5.47. The highest BCUT2D eigenvalue weighted by atomic mass is 16.3. The molecule has 15 heavy (non-hydrogen) atoms. The number of aliphatic hydroxyl groups excluding tert-OH is 1. The number of β-amino-alcohol motifs (C(OH)–C–C–N with tert-alkyl or cyclic N) is 1. The fourth-order valence-corrected chi connectivity index (χ4v) is 3.03. The molecule has 1 heterocycles. The average Bonchev–Trinajstić information content (AvgIpc) is 2.50. The Bertz CT molecular complexity index is 187. The summed E-state index contributed by atoms with van der Waals surface area (Å²) in [4.78, 5) is 2.55. The fraction of sp³-hybridized carbons (Fsp3) is 1.00. The lowest BCUT2D eigenvalue weighted by atomic mass is 9.93. The molecule has 2 heteroatoms. The van der Waals surface area contributed by atoms with E-state index in [1.165, 1.54) is 51.5 Å². The first-order valence-corrected chi connectivity index (χ1v) is 6.69. The lowest BCUT2D eigenvalue weighted by Gasteiger charge is -2.39. The van der Waals surface area contributed by atoms with E-state index in [4.69, 9.17) is 0 Å². The molecular weight excluding hydrogens is 186 g/mol. The second-order valence-corrected chi connectivity index (χ2v) is 5.47. The van der Waals surface area contributed by atoms with Crippen molar-refractivity contribution in [3.05, 3.63) is 0 Å². The van der Waals surface area contributed by atoms with Gasteiger partial charge in [0.1, 0.15) is 0 Å². The van der Waals surface area contributed by atoms with Gasteiger partial charge < -0.3 is 5.11 Å². The Hall–Kier alpha value is -0.0800. The van der Waals surface area contributed by atoms with E-state index in [9.17, 15) is 5.11 Å². The van der Waals surface area contributed by atoms with Gasteiger partial charge in [-0.25, -0.2) is 0 Å². The molecule has 2 nitrogen and oxygen atoms in total. The van der Waals surface area contributed by atoms with Crippen LogP contribution in [-0.4, -0.2) is 35.2 Å². The van der Waals surface area contributed by atoms with Crippen LogP contribution in [0.5, 0.6) is 0 Å². The number of rotatable bonds is 1. The van der Waals surface area contributed by atoms with E-state index in [1.54, 1.807) is 0 Å². The van der Waals surface area contributed by atoms with E-state index < -0.39 is 0 Å². The van der Waals surface area contributed by atoms with E-state index in [0.29, 0.717) is 5.92 Å². The first kappa shape index (κ1) is 11.4. The van der Waals surface area contributed by atoms with Gasteiger partial charge in [-0.15, -0.1) is 0 Å². The van der Waals surface area contributed by atoms with Crippen LogP contribution in [0.15, 0.2) is 0 Å². The van der Waals surface area contributed by atoms with Gasteiger partial charge in [-0.05, 0) is 31.7 Å². The topological polar surface area (TPSA) is 23.5 Å². The highest BCUT2D eigenvalue weighted by Gasteiger charge is 2.28. The molecule has 0 aromatic rings. The Balaban J connectivity index is 1.86. The predicted octanol–water partition coefficient (Wildman–Crippen LogP) is 2.41. The monoisotopic (exact) mass is 211 g/mol. The predicted molar refractivity (Wildman–Crippen MR) is 62.9 cm³/mol. The minimum Gasteiger partial charge on any atom is -0.392 e. The molecule has 0 radical (unpaired) electrons. The van der Waals surface area contributed by atoms with Crippen molar-refractivity contribution in [2.75, 3.05) is 13.1 Å². The molecule has 2 atom stereocenters. The van der Waals surface area contributed by atoms with Gasteiger partial charge in [0, 0.05) is 12.6 Å². The maximum absolute atomic E-state index is 9.91. The molecule has 2 aliphatic rings. The maximum Gasteiger partial charge on any atom is 0.0693 e. The fourth-order valence-electron chi connectivity index (χ4n) is 3.03. The van der Waals surface area contributed by atoms with E-state index in [0.717, 1.165) is 12.6 Å². The SMILES string of the molecule is CC1CCN(C2CCCCCC2)CC1O. The van der Waals surface area contributed by atoms with Crippen molar-refractivity contribution in [1.82, 2.24) is 4.90 Å². The van der Waals surface area contributed by atoms with Crippen molar-refractivity contribution >= 4 is 0 Å². The van der Waals surface area contributed by atoms with Crippen LogP contribution in [0.25, 0.3) is 0 Å². The van der Waals surface area contributed by atoms with Gasteiger partial charge in [0.2, 0.25) is 0 Å². The van der Waals surface area contributed by atoms with Gasteiger partial charge in [0.25, 0.3) is 0 Å². The highest BCUT2D eigenvalue weighted by molar-refractivity contribution is 4.83. The Morgan fingerprint density at radius 1 is 1.00 bits per heavy atom. The molecule has 1 aliphatic carbocycles. The minimum atomic E-state index is -0.0815. The van der Waals surface area contributed by atoms with Gasteiger partial charge >= 0.3 is 0 Å². The van der Waals surface area contributed by atoms with E-state index in [1.807, 2.05) is 0 Å². The number of piperidine rings is 1. The van der Waals surface area contributed by atoms with Crippen molar-refractivity contribution in [2.24, 2.45) is 5.92 Å². The van der Waals surface area contributed by atoms with Crippen LogP contribution in [0.4, 0.5) is 0 Å². The van der Waals surface area contributed by atoms with Crippen LogP contribution in [0.1, 0.15) is 51.9 Å². The second kappa shape index (κ2) is 5.31. The third kappa shape index (κ3) is 2.94. The number of likely N-dealkylation sites (tertiary alicyclic amines) is 1. The van der Waals surface area contributed by atoms with Crippen LogP contribution in [-0.2, 0) is 0 Å². The van der Waals surface area contributed by atoms with Gasteiger partial charge in [-0.2, -0.15) is 0 Å². The zero-order valence-corrected chi connectivity index (χ0v) is 9.99. The molecule has 88 valence electrons. The smallest absolute Gasteiger partial charge is 0.0693 e. The third-order valence-electron chi connectivity index (χ3n) is 4.29. The van der Waals surface area contributed by atoms with Gasteiger partial charge in [0.05, 0.1) is 6.10 Å². The first-order valence-electron chi connectivity index (χ1n) is 6.69. The Morgan fingerprint density at radius 3 is 2.27 bits per heavy atom. The molecule has 0 aromatic carbocycles. The van der Waals surface area contributed by atoms with E-state index >= 15 is 0 Å². The molecule has 0 amide bonds. The number of hydrogen-bond donors (Lipinski definition) is 1. The summed E-state index contributed by atoms with van der Waals surface area (Å²) in [5.41, 5.74) is 0. The maximum atomic E-state index is 9.91. The molecule has 1 saturated carbocycles. The zero-order valence-electron chi connectivity index (χ0n) is 9.99. The summed E-state index contributed by atoms with van der Waals surface area (Å²) in [5, 5.41) is 9.91. The van der Waals surface area contributed by atoms with Crippen molar-refractivity contribution in [2.45, 2.75) is 64.0 Å². The Labute approximate surface area is 93.7 Å². The van der Waals surface area contributed by atoms with E-state index in [-0.39, 0.29) is 6.10 Å². The van der Waals surface area contributed by atoms with Crippen molar-refractivity contribution in [3.8, 4) is 0 Å². The van der Waals surface area contributed by atoms with Crippen molar-refractivity contribution in [3.63, 3.8) is 0 Å². The standard InChI is InChI=1S/C13H25NO/c1-11-8-9-14(10-13(11)15)12-6-4-2-3-5-7-12/h11-13,15H,2-10H2,1H3. The van der Waals surface area contributed by atoms with Crippen LogP contribution in [0.3, 0.4) is 0 Å². The minimum absolute atomic E-state index is 0.0815. The molecule has 2 unspecified atom stereocenters. The third-order valence-corrected chi connectivity index (χ3v) is 4.29. The summed E-state index contributed by atoms with van der Waals surface area (Å²) in [7, 11) is 0. The highest BCUT2D eigenvalue weighted by Crippen LogP contribution is 2.26. The van der Waals surface area contributed by atoms with E-state index in [2.05, 4.69) is 11.8 Å². The summed E-state index contributed by atoms with van der Waals surface area (Å²) in [6.45, 7) is 4.31. The molecule has 1 saturated heterocycles. The van der Waals surface area contributed by atoms with Gasteiger partial charge in [0.15, 0.2) is 0 Å². The summed E-state index contributed by atoms with van der Waals surface area (Å²) in [6, 6.07) is 0.773. The lowest BCUT2D eigenvalue weighted by Crippen LogP contribution is -2.47. The number of nitrogens with zero attached hydrogens (tertiary/aromatic N) is 1. The van der Waals surface area contributed by atoms with Crippen LogP contribution in [0, 0.1) is 5.92 Å². The largest absolute Gasteiger partial charge is 0.392 e. The molecule has 0 aromatic heterocycles. The summed E-state index contributed by atoms with van der Waals surface area (Å²) >= 11 is 0. The van der Waals surface area contributed by atoms with Crippen LogP contribution in [0.2, 0.25) is 0 Å². The average molecular weight is 211 g/mol. The van der Waals surface area contributed by atoms with Crippen LogP contribution < -0.4 is 0 Å². The van der Waals surface area contributed by atoms with Crippen molar-refractivity contribution in [1.29, 1.82) is 0 Å². The zero-order chi connectivity index (χ0) is 10.7. The number of hydrogen-bond acceptors (Lipinski definition) is 2. The Kier molecular flexibility index (Phi) is 4.04. The van der Waals surface area contributed by atoms with Crippen molar-refractivity contribution < 1.29 is 5.11 Å². The molecule has 0 bridgehead atoms. The lowest BCUT2D eigenvalue weighted by molar-refractivity contribution is 0.00703. The molecule has 2 fully saturated rings. The Morgan fingerprint density at radius 2 is 1.67 bits per heavy atom. The first-order chi connectivity index (χ1) is 7.27.